The van der Waals surface area contributed by atoms with Crippen LogP contribution in [0.2, 0.25) is 0 Å². The number of piperidine rings is 1. The van der Waals surface area contributed by atoms with Gasteiger partial charge < -0.3 is 4.90 Å². The second-order valence-electron chi connectivity index (χ2n) is 8.36. The molecular weight excluding hydrogens is 348 g/mol. The molecule has 5 heteroatoms. The van der Waals surface area contributed by atoms with Gasteiger partial charge in [-0.25, -0.2) is 0 Å². The summed E-state index contributed by atoms with van der Waals surface area (Å²) < 4.78 is 0. The number of carbonyl (C=O) groups is 1. The van der Waals surface area contributed by atoms with Gasteiger partial charge in [0.2, 0.25) is 0 Å². The Bertz CT molecular complexity index is 948. The molecular formula is C23H28N4O. The molecule has 0 aliphatic carbocycles. The molecule has 1 fully saturated rings. The lowest BCUT2D eigenvalue weighted by Gasteiger charge is -2.33. The first kappa shape index (κ1) is 18.8. The zero-order valence-electron chi connectivity index (χ0n) is 16.7. The Morgan fingerprint density at radius 3 is 2.89 bits per heavy atom. The summed E-state index contributed by atoms with van der Waals surface area (Å²) in [6.07, 6.45) is 8.13. The Balaban J connectivity index is 1.48. The lowest BCUT2D eigenvalue weighted by Crippen LogP contribution is -2.40. The first-order valence-corrected chi connectivity index (χ1v) is 10.2. The van der Waals surface area contributed by atoms with E-state index in [1.807, 2.05) is 18.6 Å². The number of aromatic nitrogens is 3. The number of H-pyrrole nitrogens is 1. The number of carbonyl (C=O) groups excluding carboxylic acids is 1. The highest BCUT2D eigenvalue weighted by Crippen LogP contribution is 2.25. The van der Waals surface area contributed by atoms with Crippen molar-refractivity contribution in [2.75, 3.05) is 19.6 Å². The molecule has 1 saturated heterocycles. The van der Waals surface area contributed by atoms with Gasteiger partial charge in [0.25, 0.3) is 0 Å². The number of nitrogens with zero attached hydrogens (tertiary/aromatic N) is 3. The lowest BCUT2D eigenvalue weighted by atomic mass is 9.90. The number of aromatic amines is 1. The monoisotopic (exact) mass is 376 g/mol. The van der Waals surface area contributed by atoms with E-state index in [4.69, 9.17) is 0 Å². The van der Waals surface area contributed by atoms with Gasteiger partial charge in [0.1, 0.15) is 5.78 Å². The average Bonchev–Trinajstić information content (AvgIpc) is 3.22. The SMILES string of the molecule is CC(C)CN1CCC[C@@H](C(=O)Cc2cc3cc(-c4cn[nH]c4)ccc3cn2)C1. The van der Waals surface area contributed by atoms with E-state index >= 15 is 0 Å². The zero-order chi connectivity index (χ0) is 19.5. The molecule has 5 nitrogen and oxygen atoms in total. The van der Waals surface area contributed by atoms with Crippen LogP contribution in [0.25, 0.3) is 21.9 Å². The van der Waals surface area contributed by atoms with Crippen LogP contribution in [0.15, 0.2) is 42.9 Å². The van der Waals surface area contributed by atoms with E-state index in [0.29, 0.717) is 18.1 Å². The van der Waals surface area contributed by atoms with Crippen LogP contribution in [0.1, 0.15) is 32.4 Å². The van der Waals surface area contributed by atoms with Crippen molar-refractivity contribution in [2.45, 2.75) is 33.1 Å². The van der Waals surface area contributed by atoms with Gasteiger partial charge in [-0.1, -0.05) is 26.0 Å². The van der Waals surface area contributed by atoms with Gasteiger partial charge in [-0.2, -0.15) is 5.10 Å². The summed E-state index contributed by atoms with van der Waals surface area (Å²) >= 11 is 0. The third-order valence-electron chi connectivity index (χ3n) is 5.55. The van der Waals surface area contributed by atoms with E-state index in [2.05, 4.69) is 58.2 Å². The molecule has 28 heavy (non-hydrogen) atoms. The summed E-state index contributed by atoms with van der Waals surface area (Å²) in [5.41, 5.74) is 3.04. The maximum atomic E-state index is 12.9. The molecule has 4 rings (SSSR count). The number of pyridine rings is 1. The molecule has 0 spiro atoms. The van der Waals surface area contributed by atoms with Gasteiger partial charge in [0, 0.05) is 54.5 Å². The smallest absolute Gasteiger partial charge is 0.143 e. The van der Waals surface area contributed by atoms with Gasteiger partial charge in [0.15, 0.2) is 0 Å². The maximum absolute atomic E-state index is 12.9. The Labute approximate surface area is 166 Å². The predicted octanol–water partition coefficient (Wildman–Crippen LogP) is 4.10. The summed E-state index contributed by atoms with van der Waals surface area (Å²) in [7, 11) is 0. The highest BCUT2D eigenvalue weighted by atomic mass is 16.1. The number of ketones is 1. The summed E-state index contributed by atoms with van der Waals surface area (Å²) in [5.74, 6) is 1.11. The quantitative estimate of drug-likeness (QED) is 0.703. The van der Waals surface area contributed by atoms with Crippen LogP contribution in [-0.4, -0.2) is 45.5 Å². The van der Waals surface area contributed by atoms with E-state index in [1.165, 1.54) is 0 Å². The Morgan fingerprint density at radius 1 is 1.21 bits per heavy atom. The van der Waals surface area contributed by atoms with Crippen molar-refractivity contribution in [3.8, 4) is 11.1 Å². The number of hydrogen-bond acceptors (Lipinski definition) is 4. The van der Waals surface area contributed by atoms with Crippen LogP contribution in [0.3, 0.4) is 0 Å². The number of fused-ring (bicyclic) bond motifs is 1. The van der Waals surface area contributed by atoms with Crippen molar-refractivity contribution in [1.29, 1.82) is 0 Å². The fraction of sp³-hybridized carbons (Fsp3) is 0.435. The average molecular weight is 377 g/mol. The van der Waals surface area contributed by atoms with Crippen molar-refractivity contribution in [2.24, 2.45) is 11.8 Å². The molecule has 1 N–H and O–H groups in total. The summed E-state index contributed by atoms with van der Waals surface area (Å²) in [6, 6.07) is 8.35. The molecule has 1 aromatic carbocycles. The Hall–Kier alpha value is -2.53. The molecule has 2 aromatic heterocycles. The van der Waals surface area contributed by atoms with E-state index in [1.54, 1.807) is 0 Å². The molecule has 1 aliphatic heterocycles. The van der Waals surface area contributed by atoms with Crippen LogP contribution in [0.4, 0.5) is 0 Å². The van der Waals surface area contributed by atoms with Gasteiger partial charge in [-0.3, -0.25) is 14.9 Å². The van der Waals surface area contributed by atoms with Crippen molar-refractivity contribution in [3.63, 3.8) is 0 Å². The molecule has 0 amide bonds. The lowest BCUT2D eigenvalue weighted by molar-refractivity contribution is -0.124. The second-order valence-corrected chi connectivity index (χ2v) is 8.36. The molecule has 1 atom stereocenters. The van der Waals surface area contributed by atoms with Gasteiger partial charge in [-0.15, -0.1) is 0 Å². The molecule has 0 unspecified atom stereocenters. The van der Waals surface area contributed by atoms with Crippen molar-refractivity contribution in [3.05, 3.63) is 48.5 Å². The van der Waals surface area contributed by atoms with E-state index in [-0.39, 0.29) is 5.92 Å². The van der Waals surface area contributed by atoms with Crippen molar-refractivity contribution < 1.29 is 4.79 Å². The highest BCUT2D eigenvalue weighted by Gasteiger charge is 2.26. The van der Waals surface area contributed by atoms with E-state index < -0.39 is 0 Å². The molecule has 0 radical (unpaired) electrons. The normalized spacial score (nSPS) is 18.0. The third kappa shape index (κ3) is 4.30. The van der Waals surface area contributed by atoms with Crippen molar-refractivity contribution >= 4 is 16.6 Å². The fourth-order valence-electron chi connectivity index (χ4n) is 4.19. The molecule has 3 aromatic rings. The van der Waals surface area contributed by atoms with E-state index in [0.717, 1.165) is 60.1 Å². The molecule has 146 valence electrons. The number of likely N-dealkylation sites (tertiary alicyclic amines) is 1. The van der Waals surface area contributed by atoms with Gasteiger partial charge in [-0.05, 0) is 48.4 Å². The minimum atomic E-state index is 0.141. The van der Waals surface area contributed by atoms with E-state index in [9.17, 15) is 4.79 Å². The fourth-order valence-corrected chi connectivity index (χ4v) is 4.19. The molecule has 1 aliphatic rings. The first-order valence-electron chi connectivity index (χ1n) is 10.2. The van der Waals surface area contributed by atoms with Crippen LogP contribution in [0, 0.1) is 11.8 Å². The van der Waals surface area contributed by atoms with Gasteiger partial charge >= 0.3 is 0 Å². The first-order chi connectivity index (χ1) is 13.6. The van der Waals surface area contributed by atoms with Crippen LogP contribution in [-0.2, 0) is 11.2 Å². The number of benzene rings is 1. The predicted molar refractivity (Wildman–Crippen MR) is 112 cm³/mol. The Kier molecular flexibility index (Phi) is 5.53. The minimum absolute atomic E-state index is 0.141. The zero-order valence-corrected chi connectivity index (χ0v) is 16.7. The maximum Gasteiger partial charge on any atom is 0.143 e. The third-order valence-corrected chi connectivity index (χ3v) is 5.55. The molecule has 3 heterocycles. The number of nitrogens with one attached hydrogen (secondary N) is 1. The highest BCUT2D eigenvalue weighted by molar-refractivity contribution is 5.88. The van der Waals surface area contributed by atoms with Crippen LogP contribution in [0.5, 0.6) is 0 Å². The standard InChI is InChI=1S/C23H28N4O/c1-16(2)14-27-7-3-4-19(15-27)23(28)10-22-9-20-8-17(21-12-25-26-13-21)5-6-18(20)11-24-22/h5-6,8-9,11-13,16,19H,3-4,7,10,14-15H2,1-2H3,(H,25,26)/t19-/m1/s1. The Morgan fingerprint density at radius 2 is 2.11 bits per heavy atom. The van der Waals surface area contributed by atoms with Crippen LogP contribution >= 0.6 is 0 Å². The number of hydrogen-bond donors (Lipinski definition) is 1. The summed E-state index contributed by atoms with van der Waals surface area (Å²) in [6.45, 7) is 7.57. The largest absolute Gasteiger partial charge is 0.302 e. The van der Waals surface area contributed by atoms with Crippen LogP contribution < -0.4 is 0 Å². The molecule has 0 bridgehead atoms. The summed E-state index contributed by atoms with van der Waals surface area (Å²) in [4.78, 5) is 19.9. The topological polar surface area (TPSA) is 61.9 Å². The summed E-state index contributed by atoms with van der Waals surface area (Å²) in [5, 5.41) is 9.08. The minimum Gasteiger partial charge on any atom is -0.302 e. The van der Waals surface area contributed by atoms with Gasteiger partial charge in [0.05, 0.1) is 6.20 Å². The number of Topliss-reactive ketones (excluding diaryl/α,β-unsaturated/α-hetero) is 1. The molecule has 0 saturated carbocycles. The number of rotatable bonds is 6. The second kappa shape index (κ2) is 8.23. The van der Waals surface area contributed by atoms with Crippen molar-refractivity contribution in [1.82, 2.24) is 20.1 Å².